The standard InChI is InChI=1S/C25H19Cl2N9O5/c1-41-22-5-3-2-4-21(22)30-23-12-24(33-28-13-15-10-17(35(37)38)6-8-19(15)26)32-25(31-23)34-29-14-16-11-18(36(39)40)7-9-20(16)27/h2-14H,1H3,(H3,30,31,32,33,34). The molecule has 4 aromatic rings. The molecule has 0 saturated carbocycles. The van der Waals surface area contributed by atoms with Crippen molar-refractivity contribution in [2.45, 2.75) is 0 Å². The van der Waals surface area contributed by atoms with Crippen LogP contribution in [0.3, 0.4) is 0 Å². The topological polar surface area (TPSA) is 182 Å². The molecule has 1 heterocycles. The lowest BCUT2D eigenvalue weighted by atomic mass is 10.2. The Kier molecular flexibility index (Phi) is 9.19. The summed E-state index contributed by atoms with van der Waals surface area (Å²) < 4.78 is 5.38. The highest BCUT2D eigenvalue weighted by molar-refractivity contribution is 6.33. The van der Waals surface area contributed by atoms with Gasteiger partial charge in [0, 0.05) is 51.5 Å². The third-order valence-corrected chi connectivity index (χ3v) is 5.92. The van der Waals surface area contributed by atoms with Crippen molar-refractivity contribution in [1.82, 2.24) is 9.97 Å². The third kappa shape index (κ3) is 7.62. The maximum Gasteiger partial charge on any atom is 0.270 e. The van der Waals surface area contributed by atoms with E-state index in [4.69, 9.17) is 27.9 Å². The Morgan fingerprint density at radius 1 is 0.805 bits per heavy atom. The Bertz CT molecular complexity index is 1570. The summed E-state index contributed by atoms with van der Waals surface area (Å²) in [6.45, 7) is 0. The van der Waals surface area contributed by atoms with Crippen LogP contribution >= 0.6 is 23.2 Å². The molecule has 0 saturated heterocycles. The summed E-state index contributed by atoms with van der Waals surface area (Å²) in [5.41, 5.74) is 6.33. The molecule has 41 heavy (non-hydrogen) atoms. The van der Waals surface area contributed by atoms with E-state index in [2.05, 4.69) is 36.3 Å². The fourth-order valence-electron chi connectivity index (χ4n) is 3.32. The van der Waals surface area contributed by atoms with Gasteiger partial charge in [-0.25, -0.2) is 5.43 Å². The van der Waals surface area contributed by atoms with E-state index in [0.29, 0.717) is 28.4 Å². The van der Waals surface area contributed by atoms with Gasteiger partial charge in [-0.15, -0.1) is 0 Å². The Balaban J connectivity index is 1.61. The first kappa shape index (κ1) is 28.7. The van der Waals surface area contributed by atoms with Crippen molar-refractivity contribution in [3.05, 3.63) is 108 Å². The summed E-state index contributed by atoms with van der Waals surface area (Å²) in [6, 6.07) is 16.6. The van der Waals surface area contributed by atoms with E-state index in [9.17, 15) is 20.2 Å². The first-order valence-electron chi connectivity index (χ1n) is 11.5. The Morgan fingerprint density at radius 2 is 1.37 bits per heavy atom. The number of methoxy groups -OCH3 is 1. The number of para-hydroxylation sites is 2. The smallest absolute Gasteiger partial charge is 0.270 e. The zero-order chi connectivity index (χ0) is 29.4. The van der Waals surface area contributed by atoms with Crippen LogP contribution in [0.15, 0.2) is 76.9 Å². The second kappa shape index (κ2) is 13.1. The number of halogens is 2. The average molecular weight is 596 g/mol. The molecule has 3 aromatic carbocycles. The van der Waals surface area contributed by atoms with Gasteiger partial charge in [-0.05, 0) is 24.3 Å². The summed E-state index contributed by atoms with van der Waals surface area (Å²) in [4.78, 5) is 29.8. The number of benzene rings is 3. The minimum Gasteiger partial charge on any atom is -0.495 e. The minimum atomic E-state index is -0.545. The van der Waals surface area contributed by atoms with E-state index >= 15 is 0 Å². The SMILES string of the molecule is COc1ccccc1Nc1cc(NN=Cc2cc([N+](=O)[O-])ccc2Cl)nc(NN=Cc2cc([N+](=O)[O-])ccc2Cl)n1. The number of nitro benzene ring substituents is 2. The molecule has 16 heteroatoms. The minimum absolute atomic E-state index is 0.0220. The highest BCUT2D eigenvalue weighted by atomic mass is 35.5. The van der Waals surface area contributed by atoms with Crippen LogP contribution in [0, 0.1) is 20.2 Å². The molecular weight excluding hydrogens is 577 g/mol. The quantitative estimate of drug-likeness (QED) is 0.102. The van der Waals surface area contributed by atoms with E-state index in [1.54, 1.807) is 18.2 Å². The van der Waals surface area contributed by atoms with Gasteiger partial charge in [-0.1, -0.05) is 35.3 Å². The molecule has 1 aromatic heterocycles. The van der Waals surface area contributed by atoms with Crippen molar-refractivity contribution < 1.29 is 14.6 Å². The first-order chi connectivity index (χ1) is 19.7. The van der Waals surface area contributed by atoms with Gasteiger partial charge < -0.3 is 10.1 Å². The van der Waals surface area contributed by atoms with E-state index in [1.807, 2.05) is 12.1 Å². The molecule has 0 bridgehead atoms. The monoisotopic (exact) mass is 595 g/mol. The predicted molar refractivity (Wildman–Crippen MR) is 157 cm³/mol. The van der Waals surface area contributed by atoms with Crippen LogP contribution in [0.1, 0.15) is 11.1 Å². The Labute approximate surface area is 242 Å². The second-order valence-electron chi connectivity index (χ2n) is 7.95. The molecular formula is C25H19Cl2N9O5. The number of rotatable bonds is 11. The number of nitro groups is 2. The molecule has 0 aliphatic heterocycles. The van der Waals surface area contributed by atoms with E-state index in [0.717, 1.165) is 0 Å². The first-order valence-corrected chi connectivity index (χ1v) is 12.2. The zero-order valence-corrected chi connectivity index (χ0v) is 22.5. The molecule has 3 N–H and O–H groups in total. The number of nitrogens with one attached hydrogen (secondary N) is 3. The van der Waals surface area contributed by atoms with Gasteiger partial charge in [0.05, 0.1) is 35.1 Å². The highest BCUT2D eigenvalue weighted by Crippen LogP contribution is 2.28. The van der Waals surface area contributed by atoms with Gasteiger partial charge in [0.25, 0.3) is 11.4 Å². The van der Waals surface area contributed by atoms with Gasteiger partial charge in [-0.3, -0.25) is 25.7 Å². The van der Waals surface area contributed by atoms with Crippen LogP contribution in [0.5, 0.6) is 5.75 Å². The van der Waals surface area contributed by atoms with Crippen molar-refractivity contribution in [2.75, 3.05) is 23.3 Å². The number of ether oxygens (including phenoxy) is 1. The molecule has 4 rings (SSSR count). The van der Waals surface area contributed by atoms with Gasteiger partial charge in [-0.2, -0.15) is 20.2 Å². The van der Waals surface area contributed by atoms with Crippen molar-refractivity contribution in [3.8, 4) is 5.75 Å². The Hall–Kier alpha value is -5.34. The normalized spacial score (nSPS) is 11.0. The largest absolute Gasteiger partial charge is 0.495 e. The van der Waals surface area contributed by atoms with Crippen LogP contribution in [0.4, 0.5) is 34.6 Å². The van der Waals surface area contributed by atoms with Gasteiger partial charge >= 0.3 is 0 Å². The van der Waals surface area contributed by atoms with Crippen molar-refractivity contribution in [2.24, 2.45) is 10.2 Å². The van der Waals surface area contributed by atoms with Gasteiger partial charge in [0.2, 0.25) is 5.95 Å². The number of hydrogen-bond acceptors (Lipinski definition) is 12. The fraction of sp³-hybridized carbons (Fsp3) is 0.0400. The molecule has 0 spiro atoms. The highest BCUT2D eigenvalue weighted by Gasteiger charge is 2.11. The number of nitrogens with zero attached hydrogens (tertiary/aromatic N) is 6. The number of hydrogen-bond donors (Lipinski definition) is 3. The van der Waals surface area contributed by atoms with Crippen LogP contribution in [-0.2, 0) is 0 Å². The molecule has 0 aliphatic rings. The lowest BCUT2D eigenvalue weighted by Gasteiger charge is -2.12. The van der Waals surface area contributed by atoms with Crippen LogP contribution in [-0.4, -0.2) is 39.4 Å². The maximum atomic E-state index is 11.1. The molecule has 14 nitrogen and oxygen atoms in total. The summed E-state index contributed by atoms with van der Waals surface area (Å²) in [5, 5.41) is 34.0. The molecule has 208 valence electrons. The van der Waals surface area contributed by atoms with Crippen LogP contribution in [0.2, 0.25) is 10.0 Å². The maximum absolute atomic E-state index is 11.1. The number of anilines is 4. The van der Waals surface area contributed by atoms with Gasteiger partial charge in [0.1, 0.15) is 11.6 Å². The number of hydrazone groups is 2. The van der Waals surface area contributed by atoms with E-state index < -0.39 is 9.85 Å². The number of non-ortho nitro benzene ring substituents is 2. The number of aromatic nitrogens is 2. The molecule has 0 unspecified atom stereocenters. The van der Waals surface area contributed by atoms with Crippen LogP contribution < -0.4 is 20.9 Å². The summed E-state index contributed by atoms with van der Waals surface area (Å²) in [7, 11) is 1.53. The van der Waals surface area contributed by atoms with E-state index in [-0.39, 0.29) is 33.2 Å². The molecule has 0 amide bonds. The summed E-state index contributed by atoms with van der Waals surface area (Å²) in [5.74, 6) is 1.11. The fourth-order valence-corrected chi connectivity index (χ4v) is 3.65. The van der Waals surface area contributed by atoms with Crippen molar-refractivity contribution in [3.63, 3.8) is 0 Å². The third-order valence-electron chi connectivity index (χ3n) is 5.23. The lowest BCUT2D eigenvalue weighted by Crippen LogP contribution is -2.05. The molecule has 0 fully saturated rings. The summed E-state index contributed by atoms with van der Waals surface area (Å²) in [6.07, 6.45) is 2.59. The lowest BCUT2D eigenvalue weighted by molar-refractivity contribution is -0.385. The van der Waals surface area contributed by atoms with Crippen molar-refractivity contribution >= 4 is 70.3 Å². The van der Waals surface area contributed by atoms with Crippen molar-refractivity contribution in [1.29, 1.82) is 0 Å². The average Bonchev–Trinajstić information content (AvgIpc) is 2.95. The van der Waals surface area contributed by atoms with Gasteiger partial charge in [0.15, 0.2) is 5.82 Å². The molecule has 0 atom stereocenters. The molecule has 0 radical (unpaired) electrons. The predicted octanol–water partition coefficient (Wildman–Crippen LogP) is 6.24. The zero-order valence-electron chi connectivity index (χ0n) is 21.0. The van der Waals surface area contributed by atoms with E-state index in [1.165, 1.54) is 55.9 Å². The molecule has 0 aliphatic carbocycles. The Morgan fingerprint density at radius 3 is 1.95 bits per heavy atom. The second-order valence-corrected chi connectivity index (χ2v) is 8.77. The summed E-state index contributed by atoms with van der Waals surface area (Å²) >= 11 is 12.3. The van der Waals surface area contributed by atoms with Crippen LogP contribution in [0.25, 0.3) is 0 Å².